The summed E-state index contributed by atoms with van der Waals surface area (Å²) in [5.74, 6) is -0.109. The molecule has 1 amide bonds. The van der Waals surface area contributed by atoms with Crippen LogP contribution in [0.2, 0.25) is 0 Å². The Hall–Kier alpha value is -2.76. The predicted molar refractivity (Wildman–Crippen MR) is 86.1 cm³/mol. The predicted octanol–water partition coefficient (Wildman–Crippen LogP) is 3.38. The van der Waals surface area contributed by atoms with Gasteiger partial charge in [-0.25, -0.2) is 9.97 Å². The lowest BCUT2D eigenvalue weighted by atomic mass is 9.97. The number of aromatic nitrogens is 2. The molecule has 0 N–H and O–H groups in total. The van der Waals surface area contributed by atoms with E-state index in [-0.39, 0.29) is 11.8 Å². The number of carbonyl (C=O) groups is 1. The largest absolute Gasteiger partial charge is 0.440 e. The maximum atomic E-state index is 13.2. The summed E-state index contributed by atoms with van der Waals surface area (Å²) in [6, 6.07) is 10.3. The van der Waals surface area contributed by atoms with Crippen LogP contribution >= 0.6 is 0 Å². The molecule has 0 aliphatic carbocycles. The molecule has 3 heterocycles. The van der Waals surface area contributed by atoms with Gasteiger partial charge >= 0.3 is 0 Å². The number of likely N-dealkylation sites (tertiary alicyclic amines) is 1. The molecule has 0 saturated carbocycles. The second kappa shape index (κ2) is 6.03. The molecule has 24 heavy (non-hydrogen) atoms. The van der Waals surface area contributed by atoms with Gasteiger partial charge in [-0.3, -0.25) is 4.79 Å². The molecular formula is C18H16FN3O2. The zero-order valence-electron chi connectivity index (χ0n) is 13.0. The number of nitrogens with zero attached hydrogens (tertiary/aromatic N) is 3. The first-order chi connectivity index (χ1) is 11.7. The average molecular weight is 325 g/mol. The van der Waals surface area contributed by atoms with Crippen molar-refractivity contribution in [1.82, 2.24) is 14.9 Å². The fraction of sp³-hybridized carbons (Fsp3) is 0.278. The number of para-hydroxylation sites is 2. The summed E-state index contributed by atoms with van der Waals surface area (Å²) in [5.41, 5.74) is 1.90. The van der Waals surface area contributed by atoms with Crippen molar-refractivity contribution in [3.05, 3.63) is 60.0 Å². The van der Waals surface area contributed by atoms with Gasteiger partial charge in [-0.2, -0.15) is 4.39 Å². The van der Waals surface area contributed by atoms with E-state index in [1.165, 1.54) is 18.3 Å². The molecule has 1 saturated heterocycles. The van der Waals surface area contributed by atoms with Gasteiger partial charge in [-0.15, -0.1) is 0 Å². The fourth-order valence-corrected chi connectivity index (χ4v) is 3.15. The number of hydrogen-bond donors (Lipinski definition) is 0. The van der Waals surface area contributed by atoms with Crippen molar-refractivity contribution >= 4 is 17.0 Å². The Morgan fingerprint density at radius 1 is 1.29 bits per heavy atom. The fourth-order valence-electron chi connectivity index (χ4n) is 3.15. The maximum absolute atomic E-state index is 13.2. The molecule has 0 radical (unpaired) electrons. The van der Waals surface area contributed by atoms with Gasteiger partial charge in [-0.1, -0.05) is 12.1 Å². The summed E-state index contributed by atoms with van der Waals surface area (Å²) in [6.45, 7) is 1.18. The lowest BCUT2D eigenvalue weighted by molar-refractivity contribution is 0.0698. The molecule has 0 unspecified atom stereocenters. The second-order valence-electron chi connectivity index (χ2n) is 5.98. The quantitative estimate of drug-likeness (QED) is 0.678. The molecule has 5 nitrogen and oxygen atoms in total. The molecular weight excluding hydrogens is 309 g/mol. The van der Waals surface area contributed by atoms with Crippen molar-refractivity contribution in [2.45, 2.75) is 18.8 Å². The highest BCUT2D eigenvalue weighted by Crippen LogP contribution is 2.29. The van der Waals surface area contributed by atoms with Gasteiger partial charge in [0.2, 0.25) is 5.95 Å². The van der Waals surface area contributed by atoms with Crippen molar-refractivity contribution < 1.29 is 13.6 Å². The minimum atomic E-state index is -0.645. The number of carbonyl (C=O) groups excluding carboxylic acids is 1. The standard InChI is InChI=1S/C18H16FN3O2/c19-16-10-12(7-8-20-16)18(23)22-9-3-4-13(11-22)17-21-14-5-1-2-6-15(14)24-17/h1-2,5-8,10,13H,3-4,9,11H2/t13-/m1/s1. The van der Waals surface area contributed by atoms with Crippen LogP contribution in [0.1, 0.15) is 35.0 Å². The minimum Gasteiger partial charge on any atom is -0.440 e. The van der Waals surface area contributed by atoms with E-state index in [1.807, 2.05) is 24.3 Å². The number of benzene rings is 1. The molecule has 0 bridgehead atoms. The van der Waals surface area contributed by atoms with Gasteiger partial charge in [0.05, 0.1) is 5.92 Å². The number of pyridine rings is 1. The number of hydrogen-bond acceptors (Lipinski definition) is 4. The Balaban J connectivity index is 1.56. The SMILES string of the molecule is O=C(c1ccnc(F)c1)N1CCC[C@@H](c2nc3ccccc3o2)C1. The van der Waals surface area contributed by atoms with Crippen molar-refractivity contribution in [3.63, 3.8) is 0 Å². The minimum absolute atomic E-state index is 0.0572. The summed E-state index contributed by atoms with van der Waals surface area (Å²) < 4.78 is 19.1. The van der Waals surface area contributed by atoms with Gasteiger partial charge in [0.15, 0.2) is 11.5 Å². The van der Waals surface area contributed by atoms with E-state index in [4.69, 9.17) is 4.42 Å². The Bertz CT molecular complexity index is 860. The molecule has 1 aliphatic heterocycles. The number of oxazole rings is 1. The first-order valence-corrected chi connectivity index (χ1v) is 7.97. The summed E-state index contributed by atoms with van der Waals surface area (Å²) in [4.78, 5) is 22.3. The van der Waals surface area contributed by atoms with E-state index in [0.717, 1.165) is 23.9 Å². The highest BCUT2D eigenvalue weighted by atomic mass is 19.1. The van der Waals surface area contributed by atoms with E-state index in [0.29, 0.717) is 24.5 Å². The summed E-state index contributed by atoms with van der Waals surface area (Å²) >= 11 is 0. The van der Waals surface area contributed by atoms with Crippen LogP contribution in [0.4, 0.5) is 4.39 Å². The first-order valence-electron chi connectivity index (χ1n) is 7.97. The van der Waals surface area contributed by atoms with Crippen LogP contribution in [0.25, 0.3) is 11.1 Å². The summed E-state index contributed by atoms with van der Waals surface area (Å²) in [6.07, 6.45) is 3.09. The van der Waals surface area contributed by atoms with Gasteiger partial charge < -0.3 is 9.32 Å². The van der Waals surface area contributed by atoms with Crippen LogP contribution in [0.15, 0.2) is 47.0 Å². The lowest BCUT2D eigenvalue weighted by Crippen LogP contribution is -2.39. The summed E-state index contributed by atoms with van der Waals surface area (Å²) in [5, 5.41) is 0. The van der Waals surface area contributed by atoms with E-state index in [9.17, 15) is 9.18 Å². The average Bonchev–Trinajstić information content (AvgIpc) is 3.05. The van der Waals surface area contributed by atoms with Gasteiger partial charge in [0.25, 0.3) is 5.91 Å². The van der Waals surface area contributed by atoms with Crippen LogP contribution in [0.5, 0.6) is 0 Å². The molecule has 6 heteroatoms. The molecule has 1 aliphatic rings. The molecule has 4 rings (SSSR count). The maximum Gasteiger partial charge on any atom is 0.254 e. The second-order valence-corrected chi connectivity index (χ2v) is 5.98. The Morgan fingerprint density at radius 2 is 2.17 bits per heavy atom. The molecule has 0 spiro atoms. The Kier molecular flexibility index (Phi) is 3.72. The topological polar surface area (TPSA) is 59.2 Å². The molecule has 122 valence electrons. The van der Waals surface area contributed by atoms with E-state index < -0.39 is 5.95 Å². The van der Waals surface area contributed by atoms with Crippen molar-refractivity contribution in [2.24, 2.45) is 0 Å². The highest BCUT2D eigenvalue weighted by Gasteiger charge is 2.28. The lowest BCUT2D eigenvalue weighted by Gasteiger charge is -2.31. The van der Waals surface area contributed by atoms with Crippen LogP contribution in [-0.2, 0) is 0 Å². The smallest absolute Gasteiger partial charge is 0.254 e. The van der Waals surface area contributed by atoms with Crippen LogP contribution in [-0.4, -0.2) is 33.9 Å². The number of fused-ring (bicyclic) bond motifs is 1. The van der Waals surface area contributed by atoms with Crippen molar-refractivity contribution in [3.8, 4) is 0 Å². The third-order valence-corrected chi connectivity index (χ3v) is 4.34. The van der Waals surface area contributed by atoms with Gasteiger partial charge in [0.1, 0.15) is 5.52 Å². The molecule has 1 fully saturated rings. The monoisotopic (exact) mass is 325 g/mol. The van der Waals surface area contributed by atoms with Crippen molar-refractivity contribution in [2.75, 3.05) is 13.1 Å². The zero-order chi connectivity index (χ0) is 16.5. The van der Waals surface area contributed by atoms with Crippen LogP contribution in [0.3, 0.4) is 0 Å². The van der Waals surface area contributed by atoms with Gasteiger partial charge in [-0.05, 0) is 31.0 Å². The highest BCUT2D eigenvalue weighted by molar-refractivity contribution is 5.94. The third kappa shape index (κ3) is 2.75. The number of piperidine rings is 1. The Labute approximate surface area is 138 Å². The van der Waals surface area contributed by atoms with Crippen LogP contribution < -0.4 is 0 Å². The van der Waals surface area contributed by atoms with Crippen LogP contribution in [0, 0.1) is 5.95 Å². The molecule has 1 aromatic carbocycles. The molecule has 2 aromatic heterocycles. The Morgan fingerprint density at radius 3 is 3.00 bits per heavy atom. The number of amides is 1. The first kappa shape index (κ1) is 14.8. The van der Waals surface area contributed by atoms with Gasteiger partial charge in [0, 0.05) is 30.9 Å². The molecule has 1 atom stereocenters. The number of halogens is 1. The normalized spacial score (nSPS) is 18.0. The van der Waals surface area contributed by atoms with E-state index in [2.05, 4.69) is 9.97 Å². The molecule has 3 aromatic rings. The summed E-state index contributed by atoms with van der Waals surface area (Å²) in [7, 11) is 0. The van der Waals surface area contributed by atoms with E-state index in [1.54, 1.807) is 4.90 Å². The zero-order valence-corrected chi connectivity index (χ0v) is 13.0. The number of rotatable bonds is 2. The third-order valence-electron chi connectivity index (χ3n) is 4.34. The van der Waals surface area contributed by atoms with Crippen molar-refractivity contribution in [1.29, 1.82) is 0 Å². The van der Waals surface area contributed by atoms with E-state index >= 15 is 0 Å².